The molecule has 0 atom stereocenters. The van der Waals surface area contributed by atoms with Crippen molar-refractivity contribution in [2.75, 3.05) is 21.3 Å². The molecule has 140 valence electrons. The van der Waals surface area contributed by atoms with Crippen LogP contribution in [-0.4, -0.2) is 43.0 Å². The molecule has 3 aromatic rings. The second-order valence-electron chi connectivity index (χ2n) is 5.61. The summed E-state index contributed by atoms with van der Waals surface area (Å²) in [6.45, 7) is 0.118. The molecule has 1 heterocycles. The molecule has 3 rings (SSSR count). The molecule has 1 aromatic heterocycles. The monoisotopic (exact) mass is 368 g/mol. The molecule has 0 saturated carbocycles. The van der Waals surface area contributed by atoms with Crippen LogP contribution in [0, 0.1) is 0 Å². The number of rotatable bonds is 7. The number of aromatic nitrogens is 2. The molecule has 8 nitrogen and oxygen atoms in total. The topological polar surface area (TPSA) is 87.0 Å². The first kappa shape index (κ1) is 18.2. The number of nitrogens with zero attached hydrogens (tertiary/aromatic N) is 3. The van der Waals surface area contributed by atoms with E-state index in [0.717, 1.165) is 11.0 Å². The summed E-state index contributed by atoms with van der Waals surface area (Å²) >= 11 is 0. The molecule has 0 radical (unpaired) electrons. The molecule has 0 aliphatic carbocycles. The van der Waals surface area contributed by atoms with Crippen molar-refractivity contribution in [3.05, 3.63) is 48.3 Å². The highest BCUT2D eigenvalue weighted by Gasteiger charge is 2.12. The molecule has 2 aromatic carbocycles. The minimum Gasteiger partial charge on any atom is -0.493 e. The minimum atomic E-state index is -0.262. The number of imidazole rings is 1. The Kier molecular flexibility index (Phi) is 5.55. The van der Waals surface area contributed by atoms with Crippen molar-refractivity contribution < 1.29 is 19.0 Å². The van der Waals surface area contributed by atoms with Gasteiger partial charge in [-0.2, -0.15) is 5.10 Å². The van der Waals surface area contributed by atoms with Crippen molar-refractivity contribution in [2.45, 2.75) is 6.54 Å². The summed E-state index contributed by atoms with van der Waals surface area (Å²) in [5.74, 6) is 1.25. The minimum absolute atomic E-state index is 0.118. The second kappa shape index (κ2) is 8.22. The standard InChI is InChI=1S/C19H20N4O4/c1-25-16-8-13(9-17(26-2)19(16)27-3)10-21-22-18(24)11-23-12-20-14-6-4-5-7-15(14)23/h4-10,12H,11H2,1-3H3,(H,22,24). The first-order chi connectivity index (χ1) is 13.2. The summed E-state index contributed by atoms with van der Waals surface area (Å²) in [5.41, 5.74) is 4.93. The van der Waals surface area contributed by atoms with Crippen LogP contribution < -0.4 is 19.6 Å². The average Bonchev–Trinajstić information content (AvgIpc) is 3.10. The van der Waals surface area contributed by atoms with Crippen molar-refractivity contribution in [3.63, 3.8) is 0 Å². The fraction of sp³-hybridized carbons (Fsp3) is 0.211. The van der Waals surface area contributed by atoms with Crippen LogP contribution in [0.25, 0.3) is 11.0 Å². The molecule has 27 heavy (non-hydrogen) atoms. The molecular formula is C19H20N4O4. The van der Waals surface area contributed by atoms with Crippen molar-refractivity contribution >= 4 is 23.2 Å². The van der Waals surface area contributed by atoms with Crippen LogP contribution in [0.15, 0.2) is 47.8 Å². The number of hydrazone groups is 1. The van der Waals surface area contributed by atoms with E-state index < -0.39 is 0 Å². The second-order valence-corrected chi connectivity index (χ2v) is 5.61. The smallest absolute Gasteiger partial charge is 0.260 e. The van der Waals surface area contributed by atoms with E-state index in [1.165, 1.54) is 27.5 Å². The number of benzene rings is 2. The molecule has 0 aliphatic heterocycles. The third-order valence-electron chi connectivity index (χ3n) is 3.93. The largest absolute Gasteiger partial charge is 0.493 e. The summed E-state index contributed by atoms with van der Waals surface area (Å²) in [4.78, 5) is 16.4. The van der Waals surface area contributed by atoms with E-state index in [1.807, 2.05) is 24.3 Å². The lowest BCUT2D eigenvalue weighted by Crippen LogP contribution is -2.22. The van der Waals surface area contributed by atoms with Gasteiger partial charge in [-0.25, -0.2) is 10.4 Å². The van der Waals surface area contributed by atoms with Gasteiger partial charge in [-0.05, 0) is 24.3 Å². The maximum absolute atomic E-state index is 12.1. The third kappa shape index (κ3) is 4.00. The summed E-state index contributed by atoms with van der Waals surface area (Å²) in [7, 11) is 4.61. The van der Waals surface area contributed by atoms with E-state index in [9.17, 15) is 4.79 Å². The summed E-state index contributed by atoms with van der Waals surface area (Å²) in [6, 6.07) is 11.1. The number of carbonyl (C=O) groups excluding carboxylic acids is 1. The summed E-state index contributed by atoms with van der Waals surface area (Å²) in [6.07, 6.45) is 3.14. The van der Waals surface area contributed by atoms with Crippen LogP contribution in [0.2, 0.25) is 0 Å². The van der Waals surface area contributed by atoms with Crippen LogP contribution in [0.4, 0.5) is 0 Å². The Labute approximate surface area is 156 Å². The van der Waals surface area contributed by atoms with Gasteiger partial charge >= 0.3 is 0 Å². The molecule has 1 amide bonds. The maximum Gasteiger partial charge on any atom is 0.260 e. The van der Waals surface area contributed by atoms with Gasteiger partial charge in [-0.3, -0.25) is 4.79 Å². The highest BCUT2D eigenvalue weighted by Crippen LogP contribution is 2.37. The van der Waals surface area contributed by atoms with E-state index in [2.05, 4.69) is 15.5 Å². The Morgan fingerprint density at radius 3 is 2.52 bits per heavy atom. The van der Waals surface area contributed by atoms with Gasteiger partial charge < -0.3 is 18.8 Å². The van der Waals surface area contributed by atoms with Crippen molar-refractivity contribution in [1.82, 2.24) is 15.0 Å². The van der Waals surface area contributed by atoms with Gasteiger partial charge in [0.05, 0.1) is 44.9 Å². The molecule has 8 heteroatoms. The van der Waals surface area contributed by atoms with E-state index in [4.69, 9.17) is 14.2 Å². The number of nitrogens with one attached hydrogen (secondary N) is 1. The molecule has 0 aliphatic rings. The number of amides is 1. The van der Waals surface area contributed by atoms with E-state index in [1.54, 1.807) is 23.0 Å². The number of ether oxygens (including phenoxy) is 3. The van der Waals surface area contributed by atoms with Crippen LogP contribution in [0.5, 0.6) is 17.2 Å². The van der Waals surface area contributed by atoms with Crippen molar-refractivity contribution in [3.8, 4) is 17.2 Å². The average molecular weight is 368 g/mol. The number of hydrogen-bond donors (Lipinski definition) is 1. The van der Waals surface area contributed by atoms with Gasteiger partial charge in [-0.1, -0.05) is 12.1 Å². The third-order valence-corrected chi connectivity index (χ3v) is 3.93. The first-order valence-corrected chi connectivity index (χ1v) is 8.18. The Bertz CT molecular complexity index is 956. The van der Waals surface area contributed by atoms with Crippen LogP contribution >= 0.6 is 0 Å². The fourth-order valence-corrected chi connectivity index (χ4v) is 2.68. The zero-order valence-corrected chi connectivity index (χ0v) is 15.3. The predicted molar refractivity (Wildman–Crippen MR) is 102 cm³/mol. The fourth-order valence-electron chi connectivity index (χ4n) is 2.68. The molecule has 1 N–H and O–H groups in total. The molecule has 0 bridgehead atoms. The lowest BCUT2D eigenvalue weighted by molar-refractivity contribution is -0.121. The van der Waals surface area contributed by atoms with Gasteiger partial charge in [0.25, 0.3) is 5.91 Å². The molecule has 0 saturated heterocycles. The van der Waals surface area contributed by atoms with Gasteiger partial charge in [0.15, 0.2) is 11.5 Å². The van der Waals surface area contributed by atoms with E-state index >= 15 is 0 Å². The van der Waals surface area contributed by atoms with Crippen molar-refractivity contribution in [2.24, 2.45) is 5.10 Å². The summed E-state index contributed by atoms with van der Waals surface area (Å²) < 4.78 is 17.6. The Balaban J connectivity index is 1.69. The van der Waals surface area contributed by atoms with Gasteiger partial charge in [-0.15, -0.1) is 0 Å². The van der Waals surface area contributed by atoms with Crippen molar-refractivity contribution in [1.29, 1.82) is 0 Å². The normalized spacial score (nSPS) is 10.9. The number of hydrogen-bond acceptors (Lipinski definition) is 6. The molecule has 0 unspecified atom stereocenters. The van der Waals surface area contributed by atoms with E-state index in [0.29, 0.717) is 22.8 Å². The van der Waals surface area contributed by atoms with E-state index in [-0.39, 0.29) is 12.5 Å². The van der Waals surface area contributed by atoms with Gasteiger partial charge in [0.2, 0.25) is 5.75 Å². The lowest BCUT2D eigenvalue weighted by atomic mass is 10.2. The number of para-hydroxylation sites is 2. The first-order valence-electron chi connectivity index (χ1n) is 8.18. The quantitative estimate of drug-likeness (QED) is 0.510. The Morgan fingerprint density at radius 1 is 1.15 bits per heavy atom. The van der Waals surface area contributed by atoms with Gasteiger partial charge in [0.1, 0.15) is 6.54 Å². The van der Waals surface area contributed by atoms with Crippen LogP contribution in [0.1, 0.15) is 5.56 Å². The molecule has 0 fully saturated rings. The number of fused-ring (bicyclic) bond motifs is 1. The summed E-state index contributed by atoms with van der Waals surface area (Å²) in [5, 5.41) is 4.00. The molecular weight excluding hydrogens is 348 g/mol. The Morgan fingerprint density at radius 2 is 1.85 bits per heavy atom. The highest BCUT2D eigenvalue weighted by molar-refractivity contribution is 5.85. The zero-order chi connectivity index (χ0) is 19.2. The highest BCUT2D eigenvalue weighted by atomic mass is 16.5. The number of methoxy groups -OCH3 is 3. The van der Waals surface area contributed by atoms with Gasteiger partial charge in [0, 0.05) is 5.56 Å². The number of carbonyl (C=O) groups is 1. The maximum atomic E-state index is 12.1. The zero-order valence-electron chi connectivity index (χ0n) is 15.3. The Hall–Kier alpha value is -3.55. The predicted octanol–water partition coefficient (Wildman–Crippen LogP) is 2.21. The lowest BCUT2D eigenvalue weighted by Gasteiger charge is -2.12. The SMILES string of the molecule is COc1cc(C=NNC(=O)Cn2cnc3ccccc32)cc(OC)c1OC. The molecule has 0 spiro atoms. The van der Waals surface area contributed by atoms with Crippen LogP contribution in [0.3, 0.4) is 0 Å². The van der Waals surface area contributed by atoms with Crippen LogP contribution in [-0.2, 0) is 11.3 Å².